The van der Waals surface area contributed by atoms with Crippen LogP contribution in [0.1, 0.15) is 19.8 Å². The molecule has 0 radical (unpaired) electrons. The van der Waals surface area contributed by atoms with Gasteiger partial charge < -0.3 is 20.6 Å². The predicted molar refractivity (Wildman–Crippen MR) is 143 cm³/mol. The number of carbonyl (C=O) groups is 3. The highest BCUT2D eigenvalue weighted by atomic mass is 32.2. The molecule has 198 valence electrons. The van der Waals surface area contributed by atoms with Crippen molar-refractivity contribution >= 4 is 46.2 Å². The first-order valence-corrected chi connectivity index (χ1v) is 13.8. The lowest BCUT2D eigenvalue weighted by molar-refractivity contribution is -0.139. The Labute approximate surface area is 224 Å². The number of fused-ring (bicyclic) bond motifs is 2. The van der Waals surface area contributed by atoms with Gasteiger partial charge in [0, 0.05) is 24.1 Å². The van der Waals surface area contributed by atoms with Crippen molar-refractivity contribution < 1.29 is 19.5 Å². The summed E-state index contributed by atoms with van der Waals surface area (Å²) in [6.07, 6.45) is 1.11. The molecule has 3 saturated heterocycles. The average Bonchev–Trinajstić information content (AvgIpc) is 3.64. The van der Waals surface area contributed by atoms with Crippen molar-refractivity contribution in [2.45, 2.75) is 42.5 Å². The zero-order valence-electron chi connectivity index (χ0n) is 21.0. The summed E-state index contributed by atoms with van der Waals surface area (Å²) in [6, 6.07) is 16.0. The number of nitrogens with zero attached hydrogens (tertiary/aromatic N) is 4. The number of hydrogen-bond acceptors (Lipinski definition) is 7. The van der Waals surface area contributed by atoms with Crippen molar-refractivity contribution in [1.82, 2.24) is 25.2 Å². The van der Waals surface area contributed by atoms with Gasteiger partial charge in [-0.1, -0.05) is 42.5 Å². The van der Waals surface area contributed by atoms with Gasteiger partial charge in [0.2, 0.25) is 17.7 Å². The van der Waals surface area contributed by atoms with Gasteiger partial charge in [0.15, 0.2) is 0 Å². The summed E-state index contributed by atoms with van der Waals surface area (Å²) in [7, 11) is 0. The number of thioether (sulfide) groups is 1. The third-order valence-corrected chi connectivity index (χ3v) is 10.3. The zero-order chi connectivity index (χ0) is 26.4. The molecule has 1 spiro atoms. The molecule has 10 nitrogen and oxygen atoms in total. The molecule has 0 aliphatic carbocycles. The number of aromatic nitrogens is 3. The molecule has 3 aliphatic heterocycles. The van der Waals surface area contributed by atoms with Crippen molar-refractivity contribution in [2.75, 3.05) is 18.5 Å². The van der Waals surface area contributed by atoms with Gasteiger partial charge in [-0.05, 0) is 43.0 Å². The summed E-state index contributed by atoms with van der Waals surface area (Å²) in [6.45, 7) is 2.35. The molecule has 4 heterocycles. The van der Waals surface area contributed by atoms with Gasteiger partial charge in [-0.3, -0.25) is 14.4 Å². The Morgan fingerprint density at radius 3 is 2.68 bits per heavy atom. The Morgan fingerprint density at radius 1 is 1.13 bits per heavy atom. The number of likely N-dealkylation sites (tertiary alicyclic amines) is 1. The molecule has 3 aliphatic rings. The number of carbonyl (C=O) groups excluding carboxylic acids is 3. The Morgan fingerprint density at radius 2 is 1.89 bits per heavy atom. The van der Waals surface area contributed by atoms with Crippen LogP contribution in [-0.4, -0.2) is 71.9 Å². The fourth-order valence-corrected chi connectivity index (χ4v) is 9.05. The summed E-state index contributed by atoms with van der Waals surface area (Å²) >= 11 is 1.63. The molecule has 6 rings (SSSR count). The van der Waals surface area contributed by atoms with Gasteiger partial charge in [0.05, 0.1) is 22.1 Å². The first-order chi connectivity index (χ1) is 18.5. The number of nitrogens with one attached hydrogen (secondary N) is 2. The molecule has 2 bridgehead atoms. The second kappa shape index (κ2) is 9.70. The van der Waals surface area contributed by atoms with E-state index in [1.807, 2.05) is 54.6 Å². The van der Waals surface area contributed by atoms with Gasteiger partial charge in [-0.25, -0.2) is 4.68 Å². The number of benzene rings is 2. The minimum absolute atomic E-state index is 0.0442. The average molecular weight is 535 g/mol. The first kappa shape index (κ1) is 24.9. The van der Waals surface area contributed by atoms with E-state index in [4.69, 9.17) is 0 Å². The molecule has 3 amide bonds. The number of aliphatic hydroxyl groups excluding tert-OH is 1. The van der Waals surface area contributed by atoms with E-state index in [1.54, 1.807) is 21.3 Å². The van der Waals surface area contributed by atoms with Crippen LogP contribution in [0.3, 0.4) is 0 Å². The molecule has 1 aromatic heterocycles. The smallest absolute Gasteiger partial charge is 0.245 e. The van der Waals surface area contributed by atoms with E-state index in [0.29, 0.717) is 12.1 Å². The second-order valence-corrected chi connectivity index (χ2v) is 11.8. The maximum absolute atomic E-state index is 14.0. The first-order valence-electron chi connectivity index (χ1n) is 13.0. The summed E-state index contributed by atoms with van der Waals surface area (Å²) in [5.74, 6) is -1.71. The minimum atomic E-state index is -0.749. The summed E-state index contributed by atoms with van der Waals surface area (Å²) < 4.78 is 0.903. The topological polar surface area (TPSA) is 129 Å². The lowest BCUT2D eigenvalue weighted by Crippen LogP contribution is -2.56. The normalized spacial score (nSPS) is 29.6. The van der Waals surface area contributed by atoms with Crippen LogP contribution in [0.25, 0.3) is 11.0 Å². The highest BCUT2D eigenvalue weighted by Crippen LogP contribution is 2.68. The molecule has 38 heavy (non-hydrogen) atoms. The number of para-hydroxylation sites is 2. The van der Waals surface area contributed by atoms with Crippen LogP contribution in [0, 0.1) is 17.8 Å². The quantitative estimate of drug-likeness (QED) is 0.402. The van der Waals surface area contributed by atoms with Crippen molar-refractivity contribution in [3.05, 3.63) is 54.6 Å². The van der Waals surface area contributed by atoms with Crippen LogP contribution in [0.4, 0.5) is 5.69 Å². The lowest BCUT2D eigenvalue weighted by Gasteiger charge is -2.38. The predicted octanol–water partition coefficient (Wildman–Crippen LogP) is 1.86. The van der Waals surface area contributed by atoms with Crippen LogP contribution >= 0.6 is 11.8 Å². The summed E-state index contributed by atoms with van der Waals surface area (Å²) in [5, 5.41) is 23.8. The van der Waals surface area contributed by atoms with E-state index in [1.165, 1.54) is 0 Å². The molecule has 3 fully saturated rings. The number of aliphatic hydroxyl groups is 1. The van der Waals surface area contributed by atoms with E-state index >= 15 is 0 Å². The lowest BCUT2D eigenvalue weighted by atomic mass is 9.66. The SMILES string of the molecule is CC1C[C@@H]2SC13C(C(=O)NCn1nnc4ccccc41)N(CCCO)C(=O)[C@@H]3[C@@H]2C(=O)Nc1ccccc1. The standard InChI is InChI=1S/C27H30N6O4S/c1-16-14-20-21(24(35)29-17-8-3-2-4-9-17)22-26(37)32(12-7-13-34)23(27(16,22)38-20)25(36)28-15-33-19-11-6-5-10-18(19)30-31-33/h2-6,8-11,16,20-23,34H,7,12-15H2,1H3,(H,28,36)(H,29,35)/t16?,20-,21+,22-,23?,27?/m0/s1. The van der Waals surface area contributed by atoms with Crippen LogP contribution in [0.2, 0.25) is 0 Å². The molecule has 0 saturated carbocycles. The van der Waals surface area contributed by atoms with E-state index in [-0.39, 0.29) is 48.7 Å². The summed E-state index contributed by atoms with van der Waals surface area (Å²) in [4.78, 5) is 43.0. The Hall–Kier alpha value is -3.44. The molecule has 3 unspecified atom stereocenters. The molecule has 11 heteroatoms. The molecular weight excluding hydrogens is 504 g/mol. The third-order valence-electron chi connectivity index (χ3n) is 8.22. The monoisotopic (exact) mass is 534 g/mol. The third kappa shape index (κ3) is 3.79. The fraction of sp³-hybridized carbons (Fsp3) is 0.444. The Kier molecular flexibility index (Phi) is 6.35. The van der Waals surface area contributed by atoms with Crippen molar-refractivity contribution in [2.24, 2.45) is 17.8 Å². The van der Waals surface area contributed by atoms with Crippen molar-refractivity contribution in [1.29, 1.82) is 0 Å². The number of hydrogen-bond donors (Lipinski definition) is 3. The molecule has 3 aromatic rings. The van der Waals surface area contributed by atoms with Crippen LogP contribution < -0.4 is 10.6 Å². The molecule has 3 N–H and O–H groups in total. The van der Waals surface area contributed by atoms with Crippen LogP contribution in [0.15, 0.2) is 54.6 Å². The van der Waals surface area contributed by atoms with E-state index in [0.717, 1.165) is 17.5 Å². The summed E-state index contributed by atoms with van der Waals surface area (Å²) in [5.41, 5.74) is 2.21. The van der Waals surface area contributed by atoms with E-state index in [2.05, 4.69) is 27.9 Å². The molecule has 2 aromatic carbocycles. The van der Waals surface area contributed by atoms with E-state index in [9.17, 15) is 19.5 Å². The highest BCUT2D eigenvalue weighted by Gasteiger charge is 2.75. The van der Waals surface area contributed by atoms with Crippen LogP contribution in [-0.2, 0) is 21.1 Å². The van der Waals surface area contributed by atoms with Crippen LogP contribution in [0.5, 0.6) is 0 Å². The molecule has 6 atom stereocenters. The van der Waals surface area contributed by atoms with Gasteiger partial charge in [-0.15, -0.1) is 16.9 Å². The van der Waals surface area contributed by atoms with Gasteiger partial charge in [-0.2, -0.15) is 0 Å². The van der Waals surface area contributed by atoms with Crippen molar-refractivity contribution in [3.8, 4) is 0 Å². The maximum Gasteiger partial charge on any atom is 0.245 e. The Balaban J connectivity index is 1.30. The number of amides is 3. The van der Waals surface area contributed by atoms with Gasteiger partial charge >= 0.3 is 0 Å². The van der Waals surface area contributed by atoms with Gasteiger partial charge in [0.25, 0.3) is 0 Å². The maximum atomic E-state index is 14.0. The minimum Gasteiger partial charge on any atom is -0.396 e. The van der Waals surface area contributed by atoms with Gasteiger partial charge in [0.1, 0.15) is 18.2 Å². The highest BCUT2D eigenvalue weighted by molar-refractivity contribution is 8.02. The fourth-order valence-electron chi connectivity index (χ4n) is 6.63. The zero-order valence-corrected chi connectivity index (χ0v) is 21.8. The number of anilines is 1. The Bertz CT molecular complexity index is 1380. The second-order valence-electron chi connectivity index (χ2n) is 10.3. The molecular formula is C27H30N6O4S. The number of rotatable bonds is 8. The van der Waals surface area contributed by atoms with Crippen molar-refractivity contribution in [3.63, 3.8) is 0 Å². The van der Waals surface area contributed by atoms with E-state index < -0.39 is 22.6 Å². The largest absolute Gasteiger partial charge is 0.396 e.